The van der Waals surface area contributed by atoms with Crippen molar-refractivity contribution >= 4 is 17.9 Å². The molecule has 2 nitrogen and oxygen atoms in total. The van der Waals surface area contributed by atoms with Crippen LogP contribution in [0.25, 0.3) is 0 Å². The maximum Gasteiger partial charge on any atom is 0.205 e. The van der Waals surface area contributed by atoms with E-state index in [1.165, 1.54) is 37.7 Å². The Morgan fingerprint density at radius 3 is 1.84 bits per heavy atom. The van der Waals surface area contributed by atoms with Crippen molar-refractivity contribution in [3.05, 3.63) is 109 Å². The molecule has 1 N–H and O–H groups in total. The Labute approximate surface area is 186 Å². The topological polar surface area (TPSA) is 29.1 Å². The summed E-state index contributed by atoms with van der Waals surface area (Å²) in [5.74, 6) is 0.695. The highest BCUT2D eigenvalue weighted by atomic mass is 31.2. The van der Waals surface area contributed by atoms with Crippen molar-refractivity contribution in [3.8, 4) is 0 Å². The highest BCUT2D eigenvalue weighted by Gasteiger charge is 2.30. The minimum absolute atomic E-state index is 0.0210. The molecule has 160 valence electrons. The maximum atomic E-state index is 14.5. The van der Waals surface area contributed by atoms with E-state index in [2.05, 4.69) is 41.5 Å². The fourth-order valence-electron chi connectivity index (χ4n) is 4.48. The zero-order valence-corrected chi connectivity index (χ0v) is 19.0. The molecule has 0 saturated heterocycles. The normalized spacial score (nSPS) is 16.4. The molecular formula is C28H32NOP. The molecule has 1 aliphatic rings. The van der Waals surface area contributed by atoms with Gasteiger partial charge in [-0.05, 0) is 55.0 Å². The summed E-state index contributed by atoms with van der Waals surface area (Å²) in [6, 6.07) is 30.1. The summed E-state index contributed by atoms with van der Waals surface area (Å²) in [6.07, 6.45) is 12.2. The predicted octanol–water partition coefficient (Wildman–Crippen LogP) is 6.77. The van der Waals surface area contributed by atoms with Crippen LogP contribution in [0.5, 0.6) is 0 Å². The lowest BCUT2D eigenvalue weighted by atomic mass is 9.88. The van der Waals surface area contributed by atoms with Crippen LogP contribution in [0.15, 0.2) is 103 Å². The molecule has 1 atom stereocenters. The van der Waals surface area contributed by atoms with E-state index in [-0.39, 0.29) is 6.04 Å². The molecule has 3 aromatic carbocycles. The molecular weight excluding hydrogens is 397 g/mol. The van der Waals surface area contributed by atoms with Crippen molar-refractivity contribution in [1.82, 2.24) is 5.09 Å². The van der Waals surface area contributed by atoms with E-state index in [0.717, 1.165) is 17.0 Å². The zero-order chi connectivity index (χ0) is 21.4. The highest BCUT2D eigenvalue weighted by Crippen LogP contribution is 2.42. The molecule has 0 amide bonds. The summed E-state index contributed by atoms with van der Waals surface area (Å²) >= 11 is 0. The van der Waals surface area contributed by atoms with E-state index in [1.54, 1.807) is 0 Å². The molecule has 1 unspecified atom stereocenters. The van der Waals surface area contributed by atoms with Crippen LogP contribution < -0.4 is 15.7 Å². The molecule has 0 aromatic heterocycles. The molecule has 0 heterocycles. The first-order chi connectivity index (χ1) is 15.3. The fourth-order valence-corrected chi connectivity index (χ4v) is 6.95. The van der Waals surface area contributed by atoms with Gasteiger partial charge in [-0.1, -0.05) is 98.1 Å². The van der Waals surface area contributed by atoms with Crippen LogP contribution >= 0.6 is 7.29 Å². The molecule has 0 spiro atoms. The van der Waals surface area contributed by atoms with Gasteiger partial charge in [0, 0.05) is 16.7 Å². The summed E-state index contributed by atoms with van der Waals surface area (Å²) in [6.45, 7) is 0. The lowest BCUT2D eigenvalue weighted by molar-refractivity contribution is 0.418. The molecule has 1 aliphatic carbocycles. The van der Waals surface area contributed by atoms with Crippen LogP contribution in [0.4, 0.5) is 0 Å². The first kappa shape index (κ1) is 21.8. The van der Waals surface area contributed by atoms with Gasteiger partial charge in [-0.25, -0.2) is 0 Å². The van der Waals surface area contributed by atoms with Crippen molar-refractivity contribution in [3.63, 3.8) is 0 Å². The number of benzene rings is 3. The third kappa shape index (κ3) is 5.64. The van der Waals surface area contributed by atoms with Gasteiger partial charge in [-0.3, -0.25) is 9.65 Å². The number of hydrogen-bond acceptors (Lipinski definition) is 1. The van der Waals surface area contributed by atoms with Crippen molar-refractivity contribution in [1.29, 1.82) is 0 Å². The lowest BCUT2D eigenvalue weighted by Gasteiger charge is -2.27. The van der Waals surface area contributed by atoms with E-state index in [1.807, 2.05) is 66.7 Å². The highest BCUT2D eigenvalue weighted by molar-refractivity contribution is 7.76. The van der Waals surface area contributed by atoms with Crippen LogP contribution in [0, 0.1) is 5.92 Å². The molecule has 3 heteroatoms. The monoisotopic (exact) mass is 429 g/mol. The van der Waals surface area contributed by atoms with Gasteiger partial charge < -0.3 is 0 Å². The number of nitrogens with one attached hydrogen (secondary N) is 1. The minimum atomic E-state index is -3.00. The van der Waals surface area contributed by atoms with Crippen molar-refractivity contribution in [2.24, 2.45) is 5.92 Å². The molecule has 0 aliphatic heterocycles. The predicted molar refractivity (Wildman–Crippen MR) is 132 cm³/mol. The Morgan fingerprint density at radius 1 is 0.774 bits per heavy atom. The second-order valence-corrected chi connectivity index (χ2v) is 10.9. The van der Waals surface area contributed by atoms with Gasteiger partial charge in [0.15, 0.2) is 0 Å². The quantitative estimate of drug-likeness (QED) is 0.316. The summed E-state index contributed by atoms with van der Waals surface area (Å²) in [7, 11) is -3.00. The Bertz CT molecular complexity index is 951. The van der Waals surface area contributed by atoms with Crippen molar-refractivity contribution in [2.45, 2.75) is 44.6 Å². The summed E-state index contributed by atoms with van der Waals surface area (Å²) < 4.78 is 14.5. The standard InChI is InChI=1S/C28H32NOP/c30-31(26-19-9-3-10-20-26,27-21-11-4-12-22-27)29-28(25-17-7-2-8-18-25)23-13-16-24-14-5-1-6-15-24/h2-4,7-13,16-22,24,28H,1,5-6,14-15,23H2,(H,29,30)/b16-13+. The van der Waals surface area contributed by atoms with Gasteiger partial charge in [0.05, 0.1) is 0 Å². The third-order valence-electron chi connectivity index (χ3n) is 6.21. The summed E-state index contributed by atoms with van der Waals surface area (Å²) in [5.41, 5.74) is 1.17. The Kier molecular flexibility index (Phi) is 7.57. The average Bonchev–Trinajstić information content (AvgIpc) is 2.85. The lowest BCUT2D eigenvalue weighted by Crippen LogP contribution is -2.30. The van der Waals surface area contributed by atoms with Crippen LogP contribution in [-0.2, 0) is 4.57 Å². The molecule has 3 aromatic rings. The Morgan fingerprint density at radius 2 is 1.29 bits per heavy atom. The van der Waals surface area contributed by atoms with Crippen LogP contribution in [-0.4, -0.2) is 0 Å². The van der Waals surface area contributed by atoms with Crippen LogP contribution in [0.1, 0.15) is 50.1 Å². The number of rotatable bonds is 8. The van der Waals surface area contributed by atoms with Crippen LogP contribution in [0.2, 0.25) is 0 Å². The summed E-state index contributed by atoms with van der Waals surface area (Å²) in [5, 5.41) is 5.31. The molecule has 1 saturated carbocycles. The van der Waals surface area contributed by atoms with Gasteiger partial charge in [-0.2, -0.15) is 0 Å². The second-order valence-electron chi connectivity index (χ2n) is 8.43. The van der Waals surface area contributed by atoms with E-state index in [0.29, 0.717) is 5.92 Å². The van der Waals surface area contributed by atoms with Gasteiger partial charge in [0.25, 0.3) is 0 Å². The minimum Gasteiger partial charge on any atom is -0.297 e. The van der Waals surface area contributed by atoms with E-state index in [9.17, 15) is 4.57 Å². The second kappa shape index (κ2) is 10.8. The van der Waals surface area contributed by atoms with E-state index in [4.69, 9.17) is 0 Å². The van der Waals surface area contributed by atoms with Gasteiger partial charge in [0.2, 0.25) is 7.29 Å². The first-order valence-electron chi connectivity index (χ1n) is 11.5. The molecule has 0 radical (unpaired) electrons. The third-order valence-corrected chi connectivity index (χ3v) is 8.94. The Hall–Kier alpha value is -2.41. The maximum absolute atomic E-state index is 14.5. The average molecular weight is 430 g/mol. The van der Waals surface area contributed by atoms with Crippen molar-refractivity contribution in [2.75, 3.05) is 0 Å². The number of hydrogen-bond donors (Lipinski definition) is 1. The molecule has 1 fully saturated rings. The first-order valence-corrected chi connectivity index (χ1v) is 13.2. The van der Waals surface area contributed by atoms with Gasteiger partial charge >= 0.3 is 0 Å². The van der Waals surface area contributed by atoms with Crippen molar-refractivity contribution < 1.29 is 4.57 Å². The molecule has 0 bridgehead atoms. The van der Waals surface area contributed by atoms with Crippen LogP contribution in [0.3, 0.4) is 0 Å². The zero-order valence-electron chi connectivity index (χ0n) is 18.1. The van der Waals surface area contributed by atoms with Gasteiger partial charge in [-0.15, -0.1) is 0 Å². The largest absolute Gasteiger partial charge is 0.297 e. The number of allylic oxidation sites excluding steroid dienone is 1. The van der Waals surface area contributed by atoms with Gasteiger partial charge in [0.1, 0.15) is 0 Å². The smallest absolute Gasteiger partial charge is 0.205 e. The molecule has 4 rings (SSSR count). The molecule has 31 heavy (non-hydrogen) atoms. The Balaban J connectivity index is 1.64. The SMILES string of the molecule is O=P(NC(C/C=C/C1CCCCC1)c1ccccc1)(c1ccccc1)c1ccccc1. The fraction of sp³-hybridized carbons (Fsp3) is 0.286. The van der Waals surface area contributed by atoms with E-state index < -0.39 is 7.29 Å². The summed E-state index contributed by atoms with van der Waals surface area (Å²) in [4.78, 5) is 0. The van der Waals surface area contributed by atoms with E-state index >= 15 is 0 Å².